The molecule has 1 aliphatic rings. The first-order chi connectivity index (χ1) is 12.0. The Bertz CT molecular complexity index is 860. The summed E-state index contributed by atoms with van der Waals surface area (Å²) in [4.78, 5) is 6.98. The molecule has 2 aromatic rings. The van der Waals surface area contributed by atoms with Gasteiger partial charge in [-0.25, -0.2) is 0 Å². The van der Waals surface area contributed by atoms with Crippen LogP contribution < -0.4 is 0 Å². The molecule has 2 nitrogen and oxygen atoms in total. The first kappa shape index (κ1) is 17.2. The maximum atomic E-state index is 4.82. The molecule has 0 saturated heterocycles. The summed E-state index contributed by atoms with van der Waals surface area (Å²) >= 11 is 0. The molecule has 0 fully saturated rings. The van der Waals surface area contributed by atoms with Crippen LogP contribution in [0.1, 0.15) is 34.2 Å². The van der Waals surface area contributed by atoms with Crippen molar-refractivity contribution < 1.29 is 0 Å². The molecule has 0 unspecified atom stereocenters. The van der Waals surface area contributed by atoms with Crippen molar-refractivity contribution >= 4 is 17.5 Å². The van der Waals surface area contributed by atoms with E-state index in [1.54, 1.807) is 0 Å². The number of benzene rings is 2. The normalized spacial score (nSPS) is 14.0. The molecular weight excluding hydrogens is 304 g/mol. The smallest absolute Gasteiger partial charge is 0.0688 e. The number of hydrogen-bond acceptors (Lipinski definition) is 2. The molecule has 0 bridgehead atoms. The molecule has 0 atom stereocenters. The summed E-state index contributed by atoms with van der Waals surface area (Å²) < 4.78 is 0. The minimum atomic E-state index is 0.973. The zero-order valence-corrected chi connectivity index (χ0v) is 15.8. The van der Waals surface area contributed by atoms with E-state index in [0.717, 1.165) is 12.1 Å². The number of rotatable bonds is 4. The Hall–Kier alpha value is -2.61. The Balaban J connectivity index is 1.94. The van der Waals surface area contributed by atoms with Gasteiger partial charge in [-0.1, -0.05) is 48.0 Å². The molecule has 0 aromatic heterocycles. The van der Waals surface area contributed by atoms with E-state index in [1.165, 1.54) is 39.1 Å². The highest BCUT2D eigenvalue weighted by Crippen LogP contribution is 2.30. The van der Waals surface area contributed by atoms with Gasteiger partial charge in [-0.15, -0.1) is 0 Å². The third-order valence-electron chi connectivity index (χ3n) is 4.64. The largest absolute Gasteiger partial charge is 0.378 e. The second-order valence-corrected chi connectivity index (χ2v) is 6.99. The fraction of sp³-hybridized carbons (Fsp3) is 0.261. The maximum Gasteiger partial charge on any atom is 0.0688 e. The Morgan fingerprint density at radius 3 is 2.32 bits per heavy atom. The van der Waals surface area contributed by atoms with Crippen LogP contribution in [0.15, 0.2) is 59.2 Å². The molecular formula is C23H26N2. The lowest BCUT2D eigenvalue weighted by atomic mass is 9.99. The average Bonchev–Trinajstić information content (AvgIpc) is 3.04. The highest BCUT2D eigenvalue weighted by Gasteiger charge is 2.12. The molecule has 1 aliphatic carbocycles. The maximum absolute atomic E-state index is 4.82. The zero-order chi connectivity index (χ0) is 18.0. The lowest BCUT2D eigenvalue weighted by molar-refractivity contribution is 0.531. The third-order valence-corrected chi connectivity index (χ3v) is 4.64. The monoisotopic (exact) mass is 330 g/mol. The van der Waals surface area contributed by atoms with Gasteiger partial charge in [0, 0.05) is 31.6 Å². The SMILES string of the molecule is Cc1cc(C)c(N=Cc2ccccc2C2=CC(N(C)C)=CC2)c(C)c1. The average molecular weight is 330 g/mol. The first-order valence-corrected chi connectivity index (χ1v) is 8.75. The van der Waals surface area contributed by atoms with E-state index in [-0.39, 0.29) is 0 Å². The summed E-state index contributed by atoms with van der Waals surface area (Å²) in [5.41, 5.74) is 9.87. The molecule has 0 amide bonds. The molecule has 0 spiro atoms. The number of aliphatic imine (C=N–C) groups is 1. The van der Waals surface area contributed by atoms with Gasteiger partial charge in [0.2, 0.25) is 0 Å². The molecule has 0 radical (unpaired) electrons. The molecule has 0 aliphatic heterocycles. The summed E-state index contributed by atoms with van der Waals surface area (Å²) in [5.74, 6) is 0. The van der Waals surface area contributed by atoms with E-state index in [0.29, 0.717) is 0 Å². The van der Waals surface area contributed by atoms with Gasteiger partial charge in [-0.05, 0) is 55.5 Å². The fourth-order valence-corrected chi connectivity index (χ4v) is 3.42. The van der Waals surface area contributed by atoms with Gasteiger partial charge in [0.25, 0.3) is 0 Å². The first-order valence-electron chi connectivity index (χ1n) is 8.75. The summed E-state index contributed by atoms with van der Waals surface area (Å²) in [7, 11) is 4.17. The van der Waals surface area contributed by atoms with Crippen molar-refractivity contribution in [3.63, 3.8) is 0 Å². The molecule has 128 valence electrons. The lowest BCUT2D eigenvalue weighted by Gasteiger charge is -2.11. The number of aryl methyl sites for hydroxylation is 3. The molecule has 2 aromatic carbocycles. The topological polar surface area (TPSA) is 15.6 Å². The van der Waals surface area contributed by atoms with Gasteiger partial charge < -0.3 is 4.90 Å². The van der Waals surface area contributed by atoms with Crippen molar-refractivity contribution in [3.8, 4) is 0 Å². The van der Waals surface area contributed by atoms with Gasteiger partial charge in [0.1, 0.15) is 0 Å². The predicted octanol–water partition coefficient (Wildman–Crippen LogP) is 5.60. The molecule has 3 rings (SSSR count). The van der Waals surface area contributed by atoms with Crippen LogP contribution in [0.5, 0.6) is 0 Å². The van der Waals surface area contributed by atoms with E-state index < -0.39 is 0 Å². The highest BCUT2D eigenvalue weighted by atomic mass is 15.1. The fourth-order valence-electron chi connectivity index (χ4n) is 3.42. The van der Waals surface area contributed by atoms with E-state index >= 15 is 0 Å². The van der Waals surface area contributed by atoms with Crippen molar-refractivity contribution in [2.75, 3.05) is 14.1 Å². The van der Waals surface area contributed by atoms with Crippen molar-refractivity contribution in [1.82, 2.24) is 4.90 Å². The van der Waals surface area contributed by atoms with Crippen LogP contribution >= 0.6 is 0 Å². The Morgan fingerprint density at radius 2 is 1.68 bits per heavy atom. The van der Waals surface area contributed by atoms with Crippen LogP contribution in [0.2, 0.25) is 0 Å². The van der Waals surface area contributed by atoms with Crippen molar-refractivity contribution in [2.45, 2.75) is 27.2 Å². The van der Waals surface area contributed by atoms with Gasteiger partial charge in [0.05, 0.1) is 5.69 Å². The van der Waals surface area contributed by atoms with Crippen LogP contribution in [0.4, 0.5) is 5.69 Å². The Labute approximate surface area is 151 Å². The van der Waals surface area contributed by atoms with Gasteiger partial charge in [0.15, 0.2) is 0 Å². The van der Waals surface area contributed by atoms with Crippen molar-refractivity contribution in [1.29, 1.82) is 0 Å². The summed E-state index contributed by atoms with van der Waals surface area (Å²) in [6.45, 7) is 6.39. The Kier molecular flexibility index (Phi) is 4.89. The summed E-state index contributed by atoms with van der Waals surface area (Å²) in [6.07, 6.45) is 7.53. The van der Waals surface area contributed by atoms with Crippen LogP contribution in [0, 0.1) is 20.8 Å². The van der Waals surface area contributed by atoms with Crippen molar-refractivity contribution in [2.24, 2.45) is 4.99 Å². The van der Waals surface area contributed by atoms with E-state index in [4.69, 9.17) is 4.99 Å². The van der Waals surface area contributed by atoms with Crippen LogP contribution in [-0.2, 0) is 0 Å². The van der Waals surface area contributed by atoms with Gasteiger partial charge >= 0.3 is 0 Å². The summed E-state index contributed by atoms with van der Waals surface area (Å²) in [6, 6.07) is 12.9. The molecule has 0 saturated carbocycles. The summed E-state index contributed by atoms with van der Waals surface area (Å²) in [5, 5.41) is 0. The second-order valence-electron chi connectivity index (χ2n) is 6.99. The molecule has 0 N–H and O–H groups in total. The minimum Gasteiger partial charge on any atom is -0.378 e. The van der Waals surface area contributed by atoms with E-state index in [9.17, 15) is 0 Å². The molecule has 2 heteroatoms. The highest BCUT2D eigenvalue weighted by molar-refractivity contribution is 5.91. The second kappa shape index (κ2) is 7.10. The van der Waals surface area contributed by atoms with Crippen molar-refractivity contribution in [3.05, 3.63) is 82.1 Å². The van der Waals surface area contributed by atoms with Crippen LogP contribution in [-0.4, -0.2) is 25.2 Å². The minimum absolute atomic E-state index is 0.973. The standard InChI is InChI=1S/C23H26N2/c1-16-12-17(2)23(18(3)13-16)24-15-20-8-6-7-9-22(20)19-10-11-21(14-19)25(4)5/h6-9,11-15H,10H2,1-5H3. The van der Waals surface area contributed by atoms with Gasteiger partial charge in [-0.3, -0.25) is 4.99 Å². The predicted molar refractivity (Wildman–Crippen MR) is 109 cm³/mol. The quantitative estimate of drug-likeness (QED) is 0.667. The molecule has 25 heavy (non-hydrogen) atoms. The lowest BCUT2D eigenvalue weighted by Crippen LogP contribution is -2.07. The number of nitrogens with zero attached hydrogens (tertiary/aromatic N) is 2. The molecule has 0 heterocycles. The number of allylic oxidation sites excluding steroid dienone is 3. The van der Waals surface area contributed by atoms with Crippen LogP contribution in [0.3, 0.4) is 0 Å². The van der Waals surface area contributed by atoms with Gasteiger partial charge in [-0.2, -0.15) is 0 Å². The zero-order valence-electron chi connectivity index (χ0n) is 15.8. The van der Waals surface area contributed by atoms with Crippen LogP contribution in [0.25, 0.3) is 5.57 Å². The number of hydrogen-bond donors (Lipinski definition) is 0. The van der Waals surface area contributed by atoms with E-state index in [2.05, 4.69) is 88.3 Å². The Morgan fingerprint density at radius 1 is 1.00 bits per heavy atom. The third kappa shape index (κ3) is 3.74. The number of likely N-dealkylation sites (N-methyl/N-ethyl adjacent to an activating group) is 1. The van der Waals surface area contributed by atoms with E-state index in [1.807, 2.05) is 6.21 Å².